The number of nitrogens with zero attached hydrogens (tertiary/aromatic N) is 1. The van der Waals surface area contributed by atoms with Crippen molar-refractivity contribution in [1.82, 2.24) is 4.31 Å². The Kier molecular flexibility index (Phi) is 5.68. The SMILES string of the molecule is C=CCN(CC=C)S(=O)(=O)c1cc(CN)cc(C)c1C. The van der Waals surface area contributed by atoms with Crippen LogP contribution in [0.2, 0.25) is 0 Å². The molecule has 110 valence electrons. The number of nitrogens with two attached hydrogens (primary N) is 1. The maximum atomic E-state index is 12.7. The third-order valence-corrected chi connectivity index (χ3v) is 5.16. The van der Waals surface area contributed by atoms with Crippen molar-refractivity contribution in [2.24, 2.45) is 5.73 Å². The Morgan fingerprint density at radius 2 is 1.75 bits per heavy atom. The summed E-state index contributed by atoms with van der Waals surface area (Å²) in [5.74, 6) is 0. The van der Waals surface area contributed by atoms with E-state index in [1.54, 1.807) is 18.2 Å². The molecule has 1 aromatic carbocycles. The molecule has 0 aromatic heterocycles. The van der Waals surface area contributed by atoms with E-state index in [1.165, 1.54) is 4.31 Å². The van der Waals surface area contributed by atoms with Crippen LogP contribution in [-0.4, -0.2) is 25.8 Å². The lowest BCUT2D eigenvalue weighted by Gasteiger charge is -2.21. The Morgan fingerprint density at radius 3 is 2.20 bits per heavy atom. The highest BCUT2D eigenvalue weighted by atomic mass is 32.2. The van der Waals surface area contributed by atoms with Crippen LogP contribution in [0.5, 0.6) is 0 Å². The molecule has 2 N–H and O–H groups in total. The summed E-state index contributed by atoms with van der Waals surface area (Å²) in [6.07, 6.45) is 3.13. The molecule has 0 heterocycles. The van der Waals surface area contributed by atoms with E-state index in [1.807, 2.05) is 19.9 Å². The molecule has 0 radical (unpaired) electrons. The van der Waals surface area contributed by atoms with Gasteiger partial charge in [-0.05, 0) is 36.6 Å². The van der Waals surface area contributed by atoms with E-state index in [4.69, 9.17) is 5.73 Å². The first kappa shape index (κ1) is 16.6. The largest absolute Gasteiger partial charge is 0.326 e. The van der Waals surface area contributed by atoms with Gasteiger partial charge in [-0.1, -0.05) is 18.2 Å². The second kappa shape index (κ2) is 6.83. The van der Waals surface area contributed by atoms with Gasteiger partial charge in [0.2, 0.25) is 10.0 Å². The molecular formula is C15H22N2O2S. The quantitative estimate of drug-likeness (QED) is 0.784. The number of sulfonamides is 1. The van der Waals surface area contributed by atoms with Gasteiger partial charge in [0.05, 0.1) is 4.90 Å². The lowest BCUT2D eigenvalue weighted by Crippen LogP contribution is -2.32. The van der Waals surface area contributed by atoms with Crippen LogP contribution in [0.15, 0.2) is 42.3 Å². The van der Waals surface area contributed by atoms with E-state index in [-0.39, 0.29) is 13.1 Å². The normalized spacial score (nSPS) is 11.6. The van der Waals surface area contributed by atoms with E-state index in [9.17, 15) is 8.42 Å². The van der Waals surface area contributed by atoms with E-state index in [2.05, 4.69) is 13.2 Å². The zero-order valence-corrected chi connectivity index (χ0v) is 12.9. The van der Waals surface area contributed by atoms with Crippen molar-refractivity contribution in [1.29, 1.82) is 0 Å². The molecule has 0 amide bonds. The maximum absolute atomic E-state index is 12.7. The molecule has 1 rings (SSSR count). The Morgan fingerprint density at radius 1 is 1.20 bits per heavy atom. The predicted octanol–water partition coefficient (Wildman–Crippen LogP) is 2.12. The number of hydrogen-bond acceptors (Lipinski definition) is 3. The minimum absolute atomic E-state index is 0.250. The third-order valence-electron chi connectivity index (χ3n) is 3.20. The summed E-state index contributed by atoms with van der Waals surface area (Å²) < 4.78 is 26.8. The number of aryl methyl sites for hydroxylation is 1. The summed E-state index contributed by atoms with van der Waals surface area (Å²) in [4.78, 5) is 0.307. The van der Waals surface area contributed by atoms with Crippen molar-refractivity contribution in [2.75, 3.05) is 13.1 Å². The Bertz CT molecular complexity index is 597. The van der Waals surface area contributed by atoms with Crippen LogP contribution in [-0.2, 0) is 16.6 Å². The van der Waals surface area contributed by atoms with Crippen LogP contribution < -0.4 is 5.73 Å². The Hall–Kier alpha value is -1.43. The van der Waals surface area contributed by atoms with Gasteiger partial charge in [0.25, 0.3) is 0 Å². The summed E-state index contributed by atoms with van der Waals surface area (Å²) in [5.41, 5.74) is 8.11. The monoisotopic (exact) mass is 294 g/mol. The minimum atomic E-state index is -3.58. The molecule has 0 aliphatic carbocycles. The van der Waals surface area contributed by atoms with Crippen molar-refractivity contribution in [3.8, 4) is 0 Å². The summed E-state index contributed by atoms with van der Waals surface area (Å²) >= 11 is 0. The van der Waals surface area contributed by atoms with Gasteiger partial charge < -0.3 is 5.73 Å². The molecule has 0 spiro atoms. The van der Waals surface area contributed by atoms with Crippen LogP contribution in [0, 0.1) is 13.8 Å². The van der Waals surface area contributed by atoms with Crippen molar-refractivity contribution < 1.29 is 8.42 Å². The molecule has 0 saturated carbocycles. The van der Waals surface area contributed by atoms with Gasteiger partial charge in [-0.2, -0.15) is 4.31 Å². The zero-order valence-electron chi connectivity index (χ0n) is 12.1. The van der Waals surface area contributed by atoms with Crippen LogP contribution in [0.4, 0.5) is 0 Å². The van der Waals surface area contributed by atoms with Crippen molar-refractivity contribution in [3.05, 3.63) is 54.1 Å². The van der Waals surface area contributed by atoms with Crippen LogP contribution in [0.25, 0.3) is 0 Å². The lowest BCUT2D eigenvalue weighted by atomic mass is 10.1. The van der Waals surface area contributed by atoms with Crippen molar-refractivity contribution in [2.45, 2.75) is 25.3 Å². The average molecular weight is 294 g/mol. The summed E-state index contributed by atoms with van der Waals surface area (Å²) in [6, 6.07) is 3.57. The Labute approximate surface area is 121 Å². The van der Waals surface area contributed by atoms with E-state index >= 15 is 0 Å². The van der Waals surface area contributed by atoms with Gasteiger partial charge in [-0.15, -0.1) is 13.2 Å². The first-order chi connectivity index (χ1) is 9.38. The first-order valence-electron chi connectivity index (χ1n) is 6.40. The topological polar surface area (TPSA) is 63.4 Å². The fourth-order valence-electron chi connectivity index (χ4n) is 1.98. The third kappa shape index (κ3) is 3.36. The molecule has 20 heavy (non-hydrogen) atoms. The average Bonchev–Trinajstić information content (AvgIpc) is 2.41. The van der Waals surface area contributed by atoms with Gasteiger partial charge in [0.15, 0.2) is 0 Å². The van der Waals surface area contributed by atoms with Gasteiger partial charge in [0, 0.05) is 19.6 Å². The standard InChI is InChI=1S/C15H22N2O2S/c1-5-7-17(8-6-2)20(18,19)15-10-14(11-16)9-12(3)13(15)4/h5-6,9-10H,1-2,7-8,11,16H2,3-4H3. The van der Waals surface area contributed by atoms with E-state index < -0.39 is 10.0 Å². The molecule has 4 nitrogen and oxygen atoms in total. The number of benzene rings is 1. The number of rotatable bonds is 7. The van der Waals surface area contributed by atoms with Gasteiger partial charge in [-0.25, -0.2) is 8.42 Å². The molecule has 0 saturated heterocycles. The minimum Gasteiger partial charge on any atom is -0.326 e. The highest BCUT2D eigenvalue weighted by Gasteiger charge is 2.25. The molecule has 0 atom stereocenters. The second-order valence-electron chi connectivity index (χ2n) is 4.64. The highest BCUT2D eigenvalue weighted by Crippen LogP contribution is 2.24. The van der Waals surface area contributed by atoms with Crippen LogP contribution in [0.3, 0.4) is 0 Å². The Balaban J connectivity index is 3.43. The zero-order chi connectivity index (χ0) is 15.3. The lowest BCUT2D eigenvalue weighted by molar-refractivity contribution is 0.473. The molecule has 0 fully saturated rings. The summed E-state index contributed by atoms with van der Waals surface area (Å²) in [5, 5.41) is 0. The second-order valence-corrected chi connectivity index (χ2v) is 6.55. The maximum Gasteiger partial charge on any atom is 0.243 e. The fourth-order valence-corrected chi connectivity index (χ4v) is 3.71. The summed E-state index contributed by atoms with van der Waals surface area (Å²) in [7, 11) is -3.58. The smallest absolute Gasteiger partial charge is 0.243 e. The number of hydrogen-bond donors (Lipinski definition) is 1. The molecule has 0 unspecified atom stereocenters. The van der Waals surface area contributed by atoms with E-state index in [0.29, 0.717) is 11.4 Å². The first-order valence-corrected chi connectivity index (χ1v) is 7.84. The molecule has 0 aliphatic rings. The van der Waals surface area contributed by atoms with Crippen molar-refractivity contribution >= 4 is 10.0 Å². The van der Waals surface area contributed by atoms with Gasteiger partial charge >= 0.3 is 0 Å². The van der Waals surface area contributed by atoms with E-state index in [0.717, 1.165) is 16.7 Å². The fraction of sp³-hybridized carbons (Fsp3) is 0.333. The highest BCUT2D eigenvalue weighted by molar-refractivity contribution is 7.89. The molecule has 0 bridgehead atoms. The van der Waals surface area contributed by atoms with Crippen molar-refractivity contribution in [3.63, 3.8) is 0 Å². The molecule has 0 aliphatic heterocycles. The molecule has 1 aromatic rings. The summed E-state index contributed by atoms with van der Waals surface area (Å²) in [6.45, 7) is 11.7. The predicted molar refractivity (Wildman–Crippen MR) is 83.0 cm³/mol. The van der Waals surface area contributed by atoms with Crippen LogP contribution >= 0.6 is 0 Å². The molecule has 5 heteroatoms. The van der Waals surface area contributed by atoms with Gasteiger partial charge in [0.1, 0.15) is 0 Å². The van der Waals surface area contributed by atoms with Crippen LogP contribution in [0.1, 0.15) is 16.7 Å². The van der Waals surface area contributed by atoms with Gasteiger partial charge in [-0.3, -0.25) is 0 Å². The molecular weight excluding hydrogens is 272 g/mol.